The van der Waals surface area contributed by atoms with Crippen LogP contribution in [0.25, 0.3) is 5.69 Å². The predicted octanol–water partition coefficient (Wildman–Crippen LogP) is 3.18. The maximum atomic E-state index is 12.8. The van der Waals surface area contributed by atoms with Crippen LogP contribution in [0.5, 0.6) is 11.5 Å². The molecule has 0 bridgehead atoms. The molecule has 1 aromatic heterocycles. The standard InChI is InChI=1S/C20H19N3O3/c1-14(15-5-3-2-4-6-15)12-22-19-20(24)23(10-9-21-19)16-7-8-17-18(11-16)26-13-25-17/h2-11,14H,12-13H2,1H3,(H,21,22)/t14-/m0/s1. The highest BCUT2D eigenvalue weighted by atomic mass is 16.7. The maximum Gasteiger partial charge on any atom is 0.297 e. The molecule has 0 spiro atoms. The first-order chi connectivity index (χ1) is 12.7. The van der Waals surface area contributed by atoms with E-state index >= 15 is 0 Å². The van der Waals surface area contributed by atoms with Crippen molar-refractivity contribution in [3.8, 4) is 17.2 Å². The Bertz CT molecular complexity index is 970. The highest BCUT2D eigenvalue weighted by Crippen LogP contribution is 2.33. The number of hydrogen-bond donors (Lipinski definition) is 1. The summed E-state index contributed by atoms with van der Waals surface area (Å²) < 4.78 is 12.3. The molecule has 132 valence electrons. The van der Waals surface area contributed by atoms with Crippen LogP contribution in [0.2, 0.25) is 0 Å². The smallest absolute Gasteiger partial charge is 0.297 e. The number of nitrogens with zero attached hydrogens (tertiary/aromatic N) is 2. The van der Waals surface area contributed by atoms with Gasteiger partial charge in [0.25, 0.3) is 5.56 Å². The van der Waals surface area contributed by atoms with E-state index in [9.17, 15) is 4.79 Å². The molecule has 3 aromatic rings. The summed E-state index contributed by atoms with van der Waals surface area (Å²) in [5, 5.41) is 3.17. The van der Waals surface area contributed by atoms with Crippen molar-refractivity contribution in [3.63, 3.8) is 0 Å². The predicted molar refractivity (Wildman–Crippen MR) is 99.3 cm³/mol. The molecule has 2 heterocycles. The summed E-state index contributed by atoms with van der Waals surface area (Å²) in [5.74, 6) is 1.91. The van der Waals surface area contributed by atoms with E-state index < -0.39 is 0 Å². The van der Waals surface area contributed by atoms with Gasteiger partial charge in [0, 0.05) is 25.0 Å². The molecule has 0 saturated carbocycles. The van der Waals surface area contributed by atoms with Crippen molar-refractivity contribution < 1.29 is 9.47 Å². The zero-order chi connectivity index (χ0) is 17.9. The lowest BCUT2D eigenvalue weighted by atomic mass is 10.0. The van der Waals surface area contributed by atoms with Crippen LogP contribution < -0.4 is 20.3 Å². The van der Waals surface area contributed by atoms with Gasteiger partial charge in [0.05, 0.1) is 5.69 Å². The number of ether oxygens (including phenoxy) is 2. The molecule has 1 atom stereocenters. The lowest BCUT2D eigenvalue weighted by Gasteiger charge is -2.14. The number of rotatable bonds is 5. The van der Waals surface area contributed by atoms with Crippen LogP contribution in [0.1, 0.15) is 18.4 Å². The normalized spacial score (nSPS) is 13.4. The topological polar surface area (TPSA) is 65.4 Å². The van der Waals surface area contributed by atoms with Crippen LogP contribution in [0.3, 0.4) is 0 Å². The number of fused-ring (bicyclic) bond motifs is 1. The van der Waals surface area contributed by atoms with Crippen LogP contribution in [0.15, 0.2) is 65.7 Å². The monoisotopic (exact) mass is 349 g/mol. The highest BCUT2D eigenvalue weighted by molar-refractivity contribution is 5.50. The SMILES string of the molecule is C[C@@H](CNc1nccn(-c2ccc3c(c2)OCO3)c1=O)c1ccccc1. The van der Waals surface area contributed by atoms with Crippen molar-refractivity contribution in [2.75, 3.05) is 18.7 Å². The molecule has 0 amide bonds. The molecule has 4 rings (SSSR count). The van der Waals surface area contributed by atoms with Gasteiger partial charge in [-0.25, -0.2) is 4.98 Å². The summed E-state index contributed by atoms with van der Waals surface area (Å²) in [7, 11) is 0. The zero-order valence-corrected chi connectivity index (χ0v) is 14.4. The Morgan fingerprint density at radius 3 is 2.81 bits per heavy atom. The highest BCUT2D eigenvalue weighted by Gasteiger charge is 2.15. The van der Waals surface area contributed by atoms with Gasteiger partial charge in [-0.1, -0.05) is 37.3 Å². The molecule has 0 aliphatic carbocycles. The van der Waals surface area contributed by atoms with Gasteiger partial charge in [0.15, 0.2) is 17.3 Å². The van der Waals surface area contributed by atoms with Crippen molar-refractivity contribution in [2.24, 2.45) is 0 Å². The van der Waals surface area contributed by atoms with Crippen molar-refractivity contribution >= 4 is 5.82 Å². The first-order valence-corrected chi connectivity index (χ1v) is 8.49. The summed E-state index contributed by atoms with van der Waals surface area (Å²) in [6.45, 7) is 2.94. The van der Waals surface area contributed by atoms with Crippen molar-refractivity contribution in [3.05, 3.63) is 76.8 Å². The van der Waals surface area contributed by atoms with Crippen LogP contribution in [0, 0.1) is 0 Å². The average Bonchev–Trinajstić information content (AvgIpc) is 3.15. The summed E-state index contributed by atoms with van der Waals surface area (Å²) in [4.78, 5) is 17.0. The first-order valence-electron chi connectivity index (χ1n) is 8.49. The Balaban J connectivity index is 1.55. The third kappa shape index (κ3) is 3.13. The van der Waals surface area contributed by atoms with Gasteiger partial charge in [-0.3, -0.25) is 9.36 Å². The quantitative estimate of drug-likeness (QED) is 0.766. The van der Waals surface area contributed by atoms with Gasteiger partial charge in [-0.2, -0.15) is 0 Å². The zero-order valence-electron chi connectivity index (χ0n) is 14.4. The fourth-order valence-electron chi connectivity index (χ4n) is 2.92. The lowest BCUT2D eigenvalue weighted by Crippen LogP contribution is -2.24. The Morgan fingerprint density at radius 2 is 1.96 bits per heavy atom. The fraction of sp³-hybridized carbons (Fsp3) is 0.200. The molecule has 0 saturated heterocycles. The van der Waals surface area contributed by atoms with Crippen LogP contribution >= 0.6 is 0 Å². The van der Waals surface area contributed by atoms with Gasteiger partial charge in [0.2, 0.25) is 6.79 Å². The third-order valence-electron chi connectivity index (χ3n) is 4.42. The van der Waals surface area contributed by atoms with Crippen LogP contribution in [-0.4, -0.2) is 22.9 Å². The molecule has 1 aliphatic heterocycles. The number of anilines is 1. The molecule has 1 N–H and O–H groups in total. The second kappa shape index (κ2) is 6.92. The average molecular weight is 349 g/mol. The van der Waals surface area contributed by atoms with E-state index in [2.05, 4.69) is 29.4 Å². The molecule has 1 aliphatic rings. The molecule has 6 nitrogen and oxygen atoms in total. The van der Waals surface area contributed by atoms with Gasteiger partial charge in [-0.15, -0.1) is 0 Å². The van der Waals surface area contributed by atoms with Crippen LogP contribution in [-0.2, 0) is 0 Å². The second-order valence-corrected chi connectivity index (χ2v) is 6.18. The Morgan fingerprint density at radius 1 is 1.15 bits per heavy atom. The van der Waals surface area contributed by atoms with Crippen molar-refractivity contribution in [1.29, 1.82) is 0 Å². The molecule has 0 fully saturated rings. The van der Waals surface area contributed by atoms with E-state index in [1.807, 2.05) is 24.3 Å². The van der Waals surface area contributed by atoms with E-state index in [4.69, 9.17) is 9.47 Å². The summed E-state index contributed by atoms with van der Waals surface area (Å²) in [6.07, 6.45) is 3.26. The van der Waals surface area contributed by atoms with Crippen molar-refractivity contribution in [1.82, 2.24) is 9.55 Å². The minimum absolute atomic E-state index is 0.202. The van der Waals surface area contributed by atoms with E-state index in [1.54, 1.807) is 29.1 Å². The van der Waals surface area contributed by atoms with Gasteiger partial charge >= 0.3 is 0 Å². The minimum atomic E-state index is -0.202. The fourth-order valence-corrected chi connectivity index (χ4v) is 2.92. The number of nitrogens with one attached hydrogen (secondary N) is 1. The lowest BCUT2D eigenvalue weighted by molar-refractivity contribution is 0.174. The Kier molecular flexibility index (Phi) is 4.31. The Labute approximate surface area is 151 Å². The van der Waals surface area contributed by atoms with Gasteiger partial charge in [-0.05, 0) is 23.6 Å². The third-order valence-corrected chi connectivity index (χ3v) is 4.42. The summed E-state index contributed by atoms with van der Waals surface area (Å²) >= 11 is 0. The summed E-state index contributed by atoms with van der Waals surface area (Å²) in [5.41, 5.74) is 1.72. The van der Waals surface area contributed by atoms with E-state index in [1.165, 1.54) is 5.56 Å². The molecule has 2 aromatic carbocycles. The molecular formula is C20H19N3O3. The Hall–Kier alpha value is -3.28. The van der Waals surface area contributed by atoms with Crippen LogP contribution in [0.4, 0.5) is 5.82 Å². The first kappa shape index (κ1) is 16.2. The molecular weight excluding hydrogens is 330 g/mol. The minimum Gasteiger partial charge on any atom is -0.454 e. The number of aromatic nitrogens is 2. The molecule has 6 heteroatoms. The summed E-state index contributed by atoms with van der Waals surface area (Å²) in [6, 6.07) is 15.6. The van der Waals surface area contributed by atoms with Crippen molar-refractivity contribution in [2.45, 2.75) is 12.8 Å². The van der Waals surface area contributed by atoms with Gasteiger partial charge < -0.3 is 14.8 Å². The molecule has 0 unspecified atom stereocenters. The molecule has 26 heavy (non-hydrogen) atoms. The maximum absolute atomic E-state index is 12.8. The second-order valence-electron chi connectivity index (χ2n) is 6.18. The molecule has 0 radical (unpaired) electrons. The number of benzene rings is 2. The van der Waals surface area contributed by atoms with E-state index in [-0.39, 0.29) is 18.3 Å². The van der Waals surface area contributed by atoms with Gasteiger partial charge in [0.1, 0.15) is 0 Å². The van der Waals surface area contributed by atoms with E-state index in [0.717, 1.165) is 0 Å². The largest absolute Gasteiger partial charge is 0.454 e. The number of hydrogen-bond acceptors (Lipinski definition) is 5. The van der Waals surface area contributed by atoms with E-state index in [0.29, 0.717) is 29.5 Å².